The van der Waals surface area contributed by atoms with Gasteiger partial charge in [0.15, 0.2) is 0 Å². The minimum absolute atomic E-state index is 0.00343. The highest BCUT2D eigenvalue weighted by molar-refractivity contribution is 5.98. The number of amides is 3. The number of carbonyl (C=O) groups excluding carboxylic acids is 2. The summed E-state index contributed by atoms with van der Waals surface area (Å²) in [5, 5.41) is 5.51. The SMILES string of the molecule is CCN(CC)C(=O)C1=C(C)NC(=O)NC1C(C)C. The van der Waals surface area contributed by atoms with Crippen LogP contribution in [0.1, 0.15) is 34.6 Å². The summed E-state index contributed by atoms with van der Waals surface area (Å²) in [6.07, 6.45) is 0. The van der Waals surface area contributed by atoms with Crippen molar-refractivity contribution >= 4 is 11.9 Å². The fraction of sp³-hybridized carbons (Fsp3) is 0.692. The smallest absolute Gasteiger partial charge is 0.319 e. The number of carbonyl (C=O) groups is 2. The van der Waals surface area contributed by atoms with Gasteiger partial charge >= 0.3 is 6.03 Å². The molecule has 1 unspecified atom stereocenters. The van der Waals surface area contributed by atoms with Gasteiger partial charge in [-0.25, -0.2) is 4.79 Å². The molecule has 18 heavy (non-hydrogen) atoms. The van der Waals surface area contributed by atoms with Gasteiger partial charge in [-0.15, -0.1) is 0 Å². The van der Waals surface area contributed by atoms with E-state index in [0.29, 0.717) is 24.4 Å². The van der Waals surface area contributed by atoms with E-state index in [1.54, 1.807) is 11.8 Å². The highest BCUT2D eigenvalue weighted by Crippen LogP contribution is 2.20. The molecule has 0 aromatic carbocycles. The third-order valence-electron chi connectivity index (χ3n) is 3.25. The van der Waals surface area contributed by atoms with E-state index in [1.807, 2.05) is 27.7 Å². The molecule has 1 rings (SSSR count). The van der Waals surface area contributed by atoms with Gasteiger partial charge in [-0.1, -0.05) is 13.8 Å². The maximum atomic E-state index is 12.5. The van der Waals surface area contributed by atoms with Gasteiger partial charge in [-0.05, 0) is 26.7 Å². The van der Waals surface area contributed by atoms with E-state index >= 15 is 0 Å². The third kappa shape index (κ3) is 2.83. The molecule has 102 valence electrons. The summed E-state index contributed by atoms with van der Waals surface area (Å²) in [6.45, 7) is 11.0. The second-order valence-corrected chi connectivity index (χ2v) is 4.84. The number of hydrogen-bond acceptors (Lipinski definition) is 2. The van der Waals surface area contributed by atoms with Crippen LogP contribution in [0.25, 0.3) is 0 Å². The van der Waals surface area contributed by atoms with Crippen molar-refractivity contribution in [1.82, 2.24) is 15.5 Å². The monoisotopic (exact) mass is 253 g/mol. The van der Waals surface area contributed by atoms with Gasteiger partial charge in [0.05, 0.1) is 11.6 Å². The lowest BCUT2D eigenvalue weighted by Gasteiger charge is -2.33. The molecule has 0 spiro atoms. The van der Waals surface area contributed by atoms with Crippen LogP contribution in [-0.4, -0.2) is 36.0 Å². The van der Waals surface area contributed by atoms with Crippen molar-refractivity contribution in [3.05, 3.63) is 11.3 Å². The zero-order chi connectivity index (χ0) is 13.9. The summed E-state index contributed by atoms with van der Waals surface area (Å²) in [4.78, 5) is 25.7. The van der Waals surface area contributed by atoms with E-state index in [2.05, 4.69) is 10.6 Å². The molecule has 0 radical (unpaired) electrons. The molecule has 3 amide bonds. The molecule has 0 saturated heterocycles. The van der Waals surface area contributed by atoms with Crippen LogP contribution >= 0.6 is 0 Å². The minimum atomic E-state index is -0.234. The lowest BCUT2D eigenvalue weighted by molar-refractivity contribution is -0.127. The van der Waals surface area contributed by atoms with Crippen LogP contribution in [0.3, 0.4) is 0 Å². The van der Waals surface area contributed by atoms with Gasteiger partial charge in [0.1, 0.15) is 0 Å². The fourth-order valence-corrected chi connectivity index (χ4v) is 2.19. The molecule has 0 aromatic heterocycles. The van der Waals surface area contributed by atoms with E-state index in [9.17, 15) is 9.59 Å². The Morgan fingerprint density at radius 3 is 2.33 bits per heavy atom. The zero-order valence-corrected chi connectivity index (χ0v) is 11.8. The lowest BCUT2D eigenvalue weighted by Crippen LogP contribution is -2.53. The number of nitrogens with zero attached hydrogens (tertiary/aromatic N) is 1. The number of allylic oxidation sites excluding steroid dienone is 1. The Kier molecular flexibility index (Phi) is 4.76. The molecule has 1 aliphatic rings. The van der Waals surface area contributed by atoms with Gasteiger partial charge in [0, 0.05) is 18.8 Å². The Balaban J connectivity index is 3.11. The van der Waals surface area contributed by atoms with Crippen LogP contribution in [0, 0.1) is 5.92 Å². The van der Waals surface area contributed by atoms with Crippen LogP contribution < -0.4 is 10.6 Å². The first-order valence-electron chi connectivity index (χ1n) is 6.49. The first-order chi connectivity index (χ1) is 8.42. The molecule has 0 aromatic rings. The van der Waals surface area contributed by atoms with Crippen LogP contribution in [0.4, 0.5) is 4.79 Å². The molecule has 0 saturated carbocycles. The van der Waals surface area contributed by atoms with Gasteiger partial charge in [-0.2, -0.15) is 0 Å². The van der Waals surface area contributed by atoms with Crippen LogP contribution in [0.15, 0.2) is 11.3 Å². The largest absolute Gasteiger partial charge is 0.339 e. The van der Waals surface area contributed by atoms with Crippen molar-refractivity contribution in [2.45, 2.75) is 40.7 Å². The second-order valence-electron chi connectivity index (χ2n) is 4.84. The summed E-state index contributed by atoms with van der Waals surface area (Å²) in [5.74, 6) is 0.184. The summed E-state index contributed by atoms with van der Waals surface area (Å²) in [6, 6.07) is -0.450. The highest BCUT2D eigenvalue weighted by atomic mass is 16.2. The summed E-state index contributed by atoms with van der Waals surface area (Å²) in [7, 11) is 0. The molecule has 1 aliphatic heterocycles. The lowest BCUT2D eigenvalue weighted by atomic mass is 9.92. The van der Waals surface area contributed by atoms with E-state index in [4.69, 9.17) is 0 Å². The first-order valence-corrected chi connectivity index (χ1v) is 6.49. The van der Waals surface area contributed by atoms with Crippen molar-refractivity contribution in [3.8, 4) is 0 Å². The van der Waals surface area contributed by atoms with E-state index < -0.39 is 0 Å². The number of nitrogens with one attached hydrogen (secondary N) is 2. The summed E-state index contributed by atoms with van der Waals surface area (Å²) in [5.41, 5.74) is 1.34. The van der Waals surface area contributed by atoms with E-state index in [1.165, 1.54) is 0 Å². The second kappa shape index (κ2) is 5.89. The van der Waals surface area contributed by atoms with Gasteiger partial charge in [-0.3, -0.25) is 4.79 Å². The number of urea groups is 1. The number of rotatable bonds is 4. The molecule has 2 N–H and O–H groups in total. The van der Waals surface area contributed by atoms with Gasteiger partial charge in [0.2, 0.25) is 0 Å². The van der Waals surface area contributed by atoms with E-state index in [-0.39, 0.29) is 23.9 Å². The first kappa shape index (κ1) is 14.5. The van der Waals surface area contributed by atoms with Gasteiger partial charge in [0.25, 0.3) is 5.91 Å². The molecule has 5 nitrogen and oxygen atoms in total. The molecule has 1 heterocycles. The number of likely N-dealkylation sites (N-methyl/N-ethyl adjacent to an activating group) is 1. The predicted octanol–water partition coefficient (Wildman–Crippen LogP) is 1.47. The molecule has 0 fully saturated rings. The van der Waals surface area contributed by atoms with E-state index in [0.717, 1.165) is 0 Å². The van der Waals surface area contributed by atoms with Crippen LogP contribution in [0.5, 0.6) is 0 Å². The van der Waals surface area contributed by atoms with Crippen molar-refractivity contribution in [2.75, 3.05) is 13.1 Å². The van der Waals surface area contributed by atoms with Crippen molar-refractivity contribution in [2.24, 2.45) is 5.92 Å². The molecular weight excluding hydrogens is 230 g/mol. The zero-order valence-electron chi connectivity index (χ0n) is 11.8. The maximum absolute atomic E-state index is 12.5. The molecule has 0 aliphatic carbocycles. The Morgan fingerprint density at radius 2 is 1.89 bits per heavy atom. The van der Waals surface area contributed by atoms with Crippen molar-refractivity contribution < 1.29 is 9.59 Å². The summed E-state index contributed by atoms with van der Waals surface area (Å²) >= 11 is 0. The molecular formula is C13H23N3O2. The summed E-state index contributed by atoms with van der Waals surface area (Å²) < 4.78 is 0. The topological polar surface area (TPSA) is 61.4 Å². The van der Waals surface area contributed by atoms with Crippen LogP contribution in [0.2, 0.25) is 0 Å². The predicted molar refractivity (Wildman–Crippen MR) is 70.9 cm³/mol. The third-order valence-corrected chi connectivity index (χ3v) is 3.25. The van der Waals surface area contributed by atoms with Crippen LogP contribution in [-0.2, 0) is 4.79 Å². The normalized spacial score (nSPS) is 19.7. The average Bonchev–Trinajstić information content (AvgIpc) is 2.29. The minimum Gasteiger partial charge on any atom is -0.339 e. The number of hydrogen-bond donors (Lipinski definition) is 2. The Labute approximate surface area is 109 Å². The standard InChI is InChI=1S/C13H23N3O2/c1-6-16(7-2)12(17)10-9(5)14-13(18)15-11(10)8(3)4/h8,11H,6-7H2,1-5H3,(H2,14,15,18). The Morgan fingerprint density at radius 1 is 1.33 bits per heavy atom. The highest BCUT2D eigenvalue weighted by Gasteiger charge is 2.33. The average molecular weight is 253 g/mol. The van der Waals surface area contributed by atoms with Crippen molar-refractivity contribution in [1.29, 1.82) is 0 Å². The van der Waals surface area contributed by atoms with Crippen molar-refractivity contribution in [3.63, 3.8) is 0 Å². The Hall–Kier alpha value is -1.52. The maximum Gasteiger partial charge on any atom is 0.319 e. The van der Waals surface area contributed by atoms with Gasteiger partial charge < -0.3 is 15.5 Å². The molecule has 5 heteroatoms. The Bertz CT molecular complexity index is 370. The fourth-order valence-electron chi connectivity index (χ4n) is 2.19. The molecule has 0 bridgehead atoms. The quantitative estimate of drug-likeness (QED) is 0.797. The molecule has 1 atom stereocenters.